The SMILES string of the molecule is Cc1cc(CC(=O)Nc2ccccc2)n[nH]1. The number of nitrogens with one attached hydrogen (secondary N) is 2. The molecule has 0 bridgehead atoms. The molecule has 1 aromatic carbocycles. The second-order valence-electron chi connectivity index (χ2n) is 3.63. The van der Waals surface area contributed by atoms with Crippen molar-refractivity contribution in [2.45, 2.75) is 13.3 Å². The molecule has 0 atom stereocenters. The van der Waals surface area contributed by atoms with E-state index in [1.165, 1.54) is 0 Å². The van der Waals surface area contributed by atoms with E-state index < -0.39 is 0 Å². The van der Waals surface area contributed by atoms with Gasteiger partial charge in [0.05, 0.1) is 12.1 Å². The van der Waals surface area contributed by atoms with Crippen molar-refractivity contribution >= 4 is 11.6 Å². The van der Waals surface area contributed by atoms with E-state index in [2.05, 4.69) is 15.5 Å². The molecular weight excluding hydrogens is 202 g/mol. The summed E-state index contributed by atoms with van der Waals surface area (Å²) in [7, 11) is 0. The number of carbonyl (C=O) groups excluding carboxylic acids is 1. The Labute approximate surface area is 93.7 Å². The largest absolute Gasteiger partial charge is 0.326 e. The molecule has 0 saturated heterocycles. The first-order chi connectivity index (χ1) is 7.74. The van der Waals surface area contributed by atoms with Gasteiger partial charge in [0.2, 0.25) is 5.91 Å². The summed E-state index contributed by atoms with van der Waals surface area (Å²) >= 11 is 0. The molecule has 4 nitrogen and oxygen atoms in total. The van der Waals surface area contributed by atoms with Crippen LogP contribution in [0.15, 0.2) is 36.4 Å². The smallest absolute Gasteiger partial charge is 0.230 e. The molecule has 0 unspecified atom stereocenters. The number of nitrogens with zero attached hydrogens (tertiary/aromatic N) is 1. The molecule has 1 aromatic heterocycles. The molecule has 16 heavy (non-hydrogen) atoms. The molecule has 1 heterocycles. The lowest BCUT2D eigenvalue weighted by atomic mass is 10.2. The quantitative estimate of drug-likeness (QED) is 0.821. The molecule has 2 aromatic rings. The van der Waals surface area contributed by atoms with Crippen LogP contribution in [0.1, 0.15) is 11.4 Å². The van der Waals surface area contributed by atoms with Crippen LogP contribution in [0, 0.1) is 6.92 Å². The van der Waals surface area contributed by atoms with E-state index in [1.54, 1.807) is 0 Å². The summed E-state index contributed by atoms with van der Waals surface area (Å²) in [6.07, 6.45) is 0.291. The van der Waals surface area contributed by atoms with E-state index in [-0.39, 0.29) is 5.91 Å². The van der Waals surface area contributed by atoms with E-state index in [0.29, 0.717) is 6.42 Å². The number of para-hydroxylation sites is 1. The number of rotatable bonds is 3. The number of hydrogen-bond donors (Lipinski definition) is 2. The summed E-state index contributed by atoms with van der Waals surface area (Å²) in [5, 5.41) is 9.63. The molecule has 0 aliphatic heterocycles. The lowest BCUT2D eigenvalue weighted by Crippen LogP contribution is -2.14. The van der Waals surface area contributed by atoms with Gasteiger partial charge in [0, 0.05) is 11.4 Å². The van der Waals surface area contributed by atoms with Crippen molar-refractivity contribution in [3.63, 3.8) is 0 Å². The van der Waals surface area contributed by atoms with Crippen LogP contribution in [0.3, 0.4) is 0 Å². The van der Waals surface area contributed by atoms with Gasteiger partial charge in [-0.3, -0.25) is 9.89 Å². The second-order valence-corrected chi connectivity index (χ2v) is 3.63. The zero-order valence-corrected chi connectivity index (χ0v) is 9.03. The number of amides is 1. The maximum Gasteiger partial charge on any atom is 0.230 e. The first-order valence-corrected chi connectivity index (χ1v) is 5.10. The summed E-state index contributed by atoms with van der Waals surface area (Å²) in [5.74, 6) is -0.0577. The average molecular weight is 215 g/mol. The Morgan fingerprint density at radius 1 is 1.38 bits per heavy atom. The Balaban J connectivity index is 1.95. The van der Waals surface area contributed by atoms with Crippen LogP contribution in [0.25, 0.3) is 0 Å². The van der Waals surface area contributed by atoms with Crippen molar-refractivity contribution in [2.75, 3.05) is 5.32 Å². The molecule has 2 rings (SSSR count). The number of benzene rings is 1. The van der Waals surface area contributed by atoms with Crippen molar-refractivity contribution in [1.82, 2.24) is 10.2 Å². The Morgan fingerprint density at radius 3 is 2.75 bits per heavy atom. The highest BCUT2D eigenvalue weighted by Gasteiger charge is 2.06. The number of aryl methyl sites for hydroxylation is 1. The van der Waals surface area contributed by atoms with Crippen molar-refractivity contribution in [1.29, 1.82) is 0 Å². The number of hydrogen-bond acceptors (Lipinski definition) is 2. The fraction of sp³-hybridized carbons (Fsp3) is 0.167. The van der Waals surface area contributed by atoms with E-state index in [9.17, 15) is 4.79 Å². The Hall–Kier alpha value is -2.10. The first kappa shape index (κ1) is 10.4. The topological polar surface area (TPSA) is 57.8 Å². The zero-order chi connectivity index (χ0) is 11.4. The van der Waals surface area contributed by atoms with Gasteiger partial charge in [0.1, 0.15) is 0 Å². The Morgan fingerprint density at radius 2 is 2.12 bits per heavy atom. The third-order valence-corrected chi connectivity index (χ3v) is 2.16. The molecule has 82 valence electrons. The first-order valence-electron chi connectivity index (χ1n) is 5.10. The molecule has 4 heteroatoms. The molecule has 1 amide bonds. The van der Waals surface area contributed by atoms with Crippen LogP contribution in [0.4, 0.5) is 5.69 Å². The van der Waals surface area contributed by atoms with E-state index in [1.807, 2.05) is 43.3 Å². The van der Waals surface area contributed by atoms with Crippen LogP contribution < -0.4 is 5.32 Å². The lowest BCUT2D eigenvalue weighted by molar-refractivity contribution is -0.115. The minimum atomic E-state index is -0.0577. The van der Waals surface area contributed by atoms with Crippen molar-refractivity contribution in [3.05, 3.63) is 47.8 Å². The summed E-state index contributed by atoms with van der Waals surface area (Å²) in [6.45, 7) is 1.91. The number of aromatic nitrogens is 2. The fourth-order valence-corrected chi connectivity index (χ4v) is 1.46. The molecular formula is C12H13N3O. The predicted molar refractivity (Wildman–Crippen MR) is 62.1 cm³/mol. The summed E-state index contributed by atoms with van der Waals surface area (Å²) in [6, 6.07) is 11.3. The molecule has 0 saturated carbocycles. The highest BCUT2D eigenvalue weighted by atomic mass is 16.1. The van der Waals surface area contributed by atoms with Gasteiger partial charge in [-0.2, -0.15) is 5.10 Å². The molecule has 0 aliphatic carbocycles. The lowest BCUT2D eigenvalue weighted by Gasteiger charge is -2.02. The van der Waals surface area contributed by atoms with Gasteiger partial charge < -0.3 is 5.32 Å². The van der Waals surface area contributed by atoms with E-state index in [0.717, 1.165) is 17.1 Å². The van der Waals surface area contributed by atoms with Gasteiger partial charge in [-0.25, -0.2) is 0 Å². The van der Waals surface area contributed by atoms with Gasteiger partial charge in [0.25, 0.3) is 0 Å². The average Bonchev–Trinajstić information content (AvgIpc) is 2.65. The van der Waals surface area contributed by atoms with Crippen molar-refractivity contribution in [2.24, 2.45) is 0 Å². The monoisotopic (exact) mass is 215 g/mol. The second kappa shape index (κ2) is 4.61. The van der Waals surface area contributed by atoms with Crippen molar-refractivity contribution < 1.29 is 4.79 Å². The van der Waals surface area contributed by atoms with Gasteiger partial charge in [-0.05, 0) is 25.1 Å². The summed E-state index contributed by atoms with van der Waals surface area (Å²) < 4.78 is 0. The van der Waals surface area contributed by atoms with Crippen LogP contribution in [-0.2, 0) is 11.2 Å². The molecule has 0 spiro atoms. The van der Waals surface area contributed by atoms with Gasteiger partial charge in [-0.15, -0.1) is 0 Å². The number of H-pyrrole nitrogens is 1. The van der Waals surface area contributed by atoms with E-state index in [4.69, 9.17) is 0 Å². The van der Waals surface area contributed by atoms with Crippen molar-refractivity contribution in [3.8, 4) is 0 Å². The number of aromatic amines is 1. The van der Waals surface area contributed by atoms with E-state index >= 15 is 0 Å². The predicted octanol–water partition coefficient (Wildman–Crippen LogP) is 1.90. The number of anilines is 1. The minimum absolute atomic E-state index is 0.0577. The molecule has 0 aliphatic rings. The standard InChI is InChI=1S/C12H13N3O/c1-9-7-11(15-14-9)8-12(16)13-10-5-3-2-4-6-10/h2-7H,8H2,1H3,(H,13,16)(H,14,15). The van der Waals surface area contributed by atoms with Crippen LogP contribution in [0.5, 0.6) is 0 Å². The molecule has 0 radical (unpaired) electrons. The number of carbonyl (C=O) groups is 1. The summed E-state index contributed by atoms with van der Waals surface area (Å²) in [4.78, 5) is 11.6. The highest BCUT2D eigenvalue weighted by Crippen LogP contribution is 2.06. The molecule has 2 N–H and O–H groups in total. The van der Waals surface area contributed by atoms with Gasteiger partial charge in [-0.1, -0.05) is 18.2 Å². The third-order valence-electron chi connectivity index (χ3n) is 2.16. The highest BCUT2D eigenvalue weighted by molar-refractivity contribution is 5.91. The Bertz CT molecular complexity index is 476. The maximum absolute atomic E-state index is 11.6. The minimum Gasteiger partial charge on any atom is -0.326 e. The zero-order valence-electron chi connectivity index (χ0n) is 9.03. The third kappa shape index (κ3) is 2.70. The fourth-order valence-electron chi connectivity index (χ4n) is 1.46. The maximum atomic E-state index is 11.6. The summed E-state index contributed by atoms with van der Waals surface area (Å²) in [5.41, 5.74) is 2.52. The normalized spacial score (nSPS) is 10.1. The van der Waals surface area contributed by atoms with Crippen LogP contribution >= 0.6 is 0 Å². The van der Waals surface area contributed by atoms with Gasteiger partial charge >= 0.3 is 0 Å². The van der Waals surface area contributed by atoms with Gasteiger partial charge in [0.15, 0.2) is 0 Å². The molecule has 0 fully saturated rings. The van der Waals surface area contributed by atoms with Crippen LogP contribution in [-0.4, -0.2) is 16.1 Å². The van der Waals surface area contributed by atoms with Crippen LogP contribution in [0.2, 0.25) is 0 Å². The Kier molecular flexibility index (Phi) is 3.00.